The number of amides is 2. The maximum absolute atomic E-state index is 12.7. The Labute approximate surface area is 200 Å². The zero-order valence-corrected chi connectivity index (χ0v) is 19.7. The topological polar surface area (TPSA) is 129 Å². The van der Waals surface area contributed by atoms with E-state index in [2.05, 4.69) is 20.8 Å². The largest absolute Gasteiger partial charge is 0.484 e. The predicted molar refractivity (Wildman–Crippen MR) is 122 cm³/mol. The molecule has 0 radical (unpaired) electrons. The highest BCUT2D eigenvalue weighted by atomic mass is 32.2. The Bertz CT molecular complexity index is 1200. The van der Waals surface area contributed by atoms with Gasteiger partial charge in [0.15, 0.2) is 6.61 Å². The van der Waals surface area contributed by atoms with E-state index >= 15 is 0 Å². The lowest BCUT2D eigenvalue weighted by molar-refractivity contribution is -0.139. The van der Waals surface area contributed by atoms with E-state index in [1.807, 2.05) is 32.0 Å². The Hall–Kier alpha value is -3.73. The van der Waals surface area contributed by atoms with Gasteiger partial charge in [0.25, 0.3) is 11.1 Å². The van der Waals surface area contributed by atoms with E-state index in [1.54, 1.807) is 19.1 Å². The first kappa shape index (κ1) is 23.4. The SMILES string of the molecule is CCOC(=O)C1=C(CSc2nnc(COc3cc(C)ccc3C)o2)NC(=O)NC1c1ccco1. The van der Waals surface area contributed by atoms with Crippen molar-refractivity contribution < 1.29 is 27.9 Å². The Balaban J connectivity index is 1.48. The predicted octanol–water partition coefficient (Wildman–Crippen LogP) is 3.82. The molecule has 2 N–H and O–H groups in total. The summed E-state index contributed by atoms with van der Waals surface area (Å²) >= 11 is 1.18. The fourth-order valence-corrected chi connectivity index (χ4v) is 4.09. The molecule has 1 aliphatic heterocycles. The van der Waals surface area contributed by atoms with Gasteiger partial charge in [-0.05, 0) is 50.1 Å². The minimum atomic E-state index is -0.775. The van der Waals surface area contributed by atoms with Crippen molar-refractivity contribution >= 4 is 23.8 Å². The molecule has 0 saturated heterocycles. The average Bonchev–Trinajstić information content (AvgIpc) is 3.50. The number of aryl methyl sites for hydroxylation is 2. The summed E-state index contributed by atoms with van der Waals surface area (Å²) in [5.74, 6) is 1.12. The molecule has 11 heteroatoms. The molecule has 3 heterocycles. The summed E-state index contributed by atoms with van der Waals surface area (Å²) in [6.45, 7) is 5.97. The lowest BCUT2D eigenvalue weighted by atomic mass is 10.0. The maximum Gasteiger partial charge on any atom is 0.338 e. The number of esters is 1. The molecular formula is C23H24N4O6S. The van der Waals surface area contributed by atoms with Gasteiger partial charge < -0.3 is 28.9 Å². The van der Waals surface area contributed by atoms with E-state index in [9.17, 15) is 9.59 Å². The molecule has 1 unspecified atom stereocenters. The Morgan fingerprint density at radius 1 is 1.24 bits per heavy atom. The fourth-order valence-electron chi connectivity index (χ4n) is 3.34. The second kappa shape index (κ2) is 10.5. The van der Waals surface area contributed by atoms with Gasteiger partial charge in [-0.15, -0.1) is 10.2 Å². The van der Waals surface area contributed by atoms with Gasteiger partial charge in [0.2, 0.25) is 0 Å². The third-order valence-electron chi connectivity index (χ3n) is 4.96. The first-order valence-electron chi connectivity index (χ1n) is 10.6. The van der Waals surface area contributed by atoms with Crippen molar-refractivity contribution in [3.05, 3.63) is 70.6 Å². The molecule has 0 saturated carbocycles. The van der Waals surface area contributed by atoms with Crippen molar-refractivity contribution in [1.29, 1.82) is 0 Å². The number of hydrogen-bond acceptors (Lipinski definition) is 9. The number of aromatic nitrogens is 2. The van der Waals surface area contributed by atoms with Gasteiger partial charge in [-0.1, -0.05) is 23.9 Å². The summed E-state index contributed by atoms with van der Waals surface area (Å²) in [4.78, 5) is 25.0. The molecule has 34 heavy (non-hydrogen) atoms. The number of carbonyl (C=O) groups is 2. The van der Waals surface area contributed by atoms with E-state index in [4.69, 9.17) is 18.3 Å². The van der Waals surface area contributed by atoms with Gasteiger partial charge in [-0.2, -0.15) is 0 Å². The van der Waals surface area contributed by atoms with E-state index in [1.165, 1.54) is 18.0 Å². The molecule has 1 atom stereocenters. The van der Waals surface area contributed by atoms with Crippen molar-refractivity contribution in [2.45, 2.75) is 38.6 Å². The normalized spacial score (nSPS) is 15.6. The van der Waals surface area contributed by atoms with Crippen LogP contribution in [0.5, 0.6) is 5.75 Å². The molecule has 10 nitrogen and oxygen atoms in total. The van der Waals surface area contributed by atoms with Gasteiger partial charge in [-0.3, -0.25) is 0 Å². The number of nitrogens with one attached hydrogen (secondary N) is 2. The minimum absolute atomic E-state index is 0.121. The zero-order chi connectivity index (χ0) is 24.1. The lowest BCUT2D eigenvalue weighted by Crippen LogP contribution is -2.46. The van der Waals surface area contributed by atoms with E-state index in [-0.39, 0.29) is 29.8 Å². The number of hydrogen-bond donors (Lipinski definition) is 2. The highest BCUT2D eigenvalue weighted by molar-refractivity contribution is 7.99. The van der Waals surface area contributed by atoms with Crippen molar-refractivity contribution in [2.75, 3.05) is 12.4 Å². The lowest BCUT2D eigenvalue weighted by Gasteiger charge is -2.27. The molecule has 0 bridgehead atoms. The van der Waals surface area contributed by atoms with Crippen LogP contribution in [-0.4, -0.2) is 34.6 Å². The molecule has 4 rings (SSSR count). The molecule has 0 aliphatic carbocycles. The molecule has 3 aromatic rings. The van der Waals surface area contributed by atoms with Crippen LogP contribution < -0.4 is 15.4 Å². The van der Waals surface area contributed by atoms with Gasteiger partial charge in [0, 0.05) is 11.4 Å². The summed E-state index contributed by atoms with van der Waals surface area (Å²) in [5, 5.41) is 13.7. The molecule has 2 aromatic heterocycles. The summed E-state index contributed by atoms with van der Waals surface area (Å²) < 4.78 is 22.1. The van der Waals surface area contributed by atoms with Crippen LogP contribution in [0.2, 0.25) is 0 Å². The van der Waals surface area contributed by atoms with Gasteiger partial charge in [-0.25, -0.2) is 9.59 Å². The van der Waals surface area contributed by atoms with Gasteiger partial charge >= 0.3 is 12.0 Å². The smallest absolute Gasteiger partial charge is 0.338 e. The number of urea groups is 1. The third-order valence-corrected chi connectivity index (χ3v) is 5.80. The van der Waals surface area contributed by atoms with Crippen molar-refractivity contribution in [3.8, 4) is 5.75 Å². The Kier molecular flexibility index (Phi) is 7.21. The number of carbonyl (C=O) groups excluding carboxylic acids is 2. The average molecular weight is 485 g/mol. The van der Waals surface area contributed by atoms with Crippen molar-refractivity contribution in [1.82, 2.24) is 20.8 Å². The van der Waals surface area contributed by atoms with E-state index < -0.39 is 18.0 Å². The van der Waals surface area contributed by atoms with Crippen LogP contribution in [-0.2, 0) is 16.1 Å². The Morgan fingerprint density at radius 2 is 2.09 bits per heavy atom. The molecular weight excluding hydrogens is 460 g/mol. The van der Waals surface area contributed by atoms with Crippen LogP contribution in [0.3, 0.4) is 0 Å². The number of rotatable bonds is 9. The standard InChI is InChI=1S/C23H24N4O6S/c1-4-30-21(28)19-15(24-22(29)25-20(19)16-6-5-9-31-16)12-34-23-27-26-18(33-23)11-32-17-10-13(2)7-8-14(17)3/h5-10,20H,4,11-12H2,1-3H3,(H2,24,25,29). The summed E-state index contributed by atoms with van der Waals surface area (Å²) in [5.41, 5.74) is 2.72. The first-order valence-corrected chi connectivity index (χ1v) is 11.6. The number of nitrogens with zero attached hydrogens (tertiary/aromatic N) is 2. The summed E-state index contributed by atoms with van der Waals surface area (Å²) in [6, 6.07) is 8.07. The number of ether oxygens (including phenoxy) is 2. The Morgan fingerprint density at radius 3 is 2.85 bits per heavy atom. The highest BCUT2D eigenvalue weighted by Gasteiger charge is 2.35. The quantitative estimate of drug-likeness (QED) is 0.344. The highest BCUT2D eigenvalue weighted by Crippen LogP contribution is 2.31. The second-order valence-corrected chi connectivity index (χ2v) is 8.39. The number of furan rings is 1. The van der Waals surface area contributed by atoms with Crippen LogP contribution in [0.15, 0.2) is 61.9 Å². The molecule has 178 valence electrons. The van der Waals surface area contributed by atoms with Crippen molar-refractivity contribution in [2.24, 2.45) is 0 Å². The third kappa shape index (κ3) is 5.42. The molecule has 1 aliphatic rings. The van der Waals surface area contributed by atoms with Crippen molar-refractivity contribution in [3.63, 3.8) is 0 Å². The first-order chi connectivity index (χ1) is 16.4. The monoisotopic (exact) mass is 484 g/mol. The molecule has 0 spiro atoms. The van der Waals surface area contributed by atoms with Gasteiger partial charge in [0.05, 0.1) is 18.4 Å². The maximum atomic E-state index is 12.7. The number of thioether (sulfide) groups is 1. The number of benzene rings is 1. The van der Waals surface area contributed by atoms with Crippen LogP contribution in [0.1, 0.15) is 35.7 Å². The van der Waals surface area contributed by atoms with Crippen LogP contribution in [0.4, 0.5) is 4.79 Å². The fraction of sp³-hybridized carbons (Fsp3) is 0.304. The second-order valence-electron chi connectivity index (χ2n) is 7.47. The van der Waals surface area contributed by atoms with Crippen LogP contribution >= 0.6 is 11.8 Å². The minimum Gasteiger partial charge on any atom is -0.484 e. The molecule has 2 amide bonds. The van der Waals surface area contributed by atoms with Crippen LogP contribution in [0, 0.1) is 13.8 Å². The summed E-state index contributed by atoms with van der Waals surface area (Å²) in [7, 11) is 0. The van der Waals surface area contributed by atoms with Crippen LogP contribution in [0.25, 0.3) is 0 Å². The summed E-state index contributed by atoms with van der Waals surface area (Å²) in [6.07, 6.45) is 1.47. The van der Waals surface area contributed by atoms with Gasteiger partial charge in [0.1, 0.15) is 17.6 Å². The molecule has 0 fully saturated rings. The van der Waals surface area contributed by atoms with E-state index in [0.717, 1.165) is 16.9 Å². The van der Waals surface area contributed by atoms with E-state index in [0.29, 0.717) is 17.3 Å². The zero-order valence-electron chi connectivity index (χ0n) is 18.9. The molecule has 1 aromatic carbocycles.